The van der Waals surface area contributed by atoms with Crippen LogP contribution < -0.4 is 4.74 Å². The second-order valence-electron chi connectivity index (χ2n) is 4.36. The molecule has 1 nitrogen and oxygen atoms in total. The lowest BCUT2D eigenvalue weighted by Gasteiger charge is -2.15. The van der Waals surface area contributed by atoms with Crippen LogP contribution in [0.2, 0.25) is 0 Å². The molecule has 1 aliphatic rings. The van der Waals surface area contributed by atoms with Crippen LogP contribution in [0.5, 0.6) is 5.75 Å². The summed E-state index contributed by atoms with van der Waals surface area (Å²) < 4.78 is 5.41. The molecule has 1 saturated carbocycles. The number of rotatable bonds is 2. The van der Waals surface area contributed by atoms with E-state index in [1.807, 2.05) is 0 Å². The van der Waals surface area contributed by atoms with E-state index in [1.54, 1.807) is 7.11 Å². The second kappa shape index (κ2) is 3.31. The van der Waals surface area contributed by atoms with Crippen LogP contribution in [-0.2, 0) is 5.41 Å². The monoisotopic (exact) mass is 200 g/mol. The van der Waals surface area contributed by atoms with E-state index >= 15 is 0 Å². The highest BCUT2D eigenvalue weighted by Gasteiger charge is 2.44. The van der Waals surface area contributed by atoms with Crippen LogP contribution in [0, 0.1) is 26.2 Å². The molecule has 0 N–H and O–H groups in total. The van der Waals surface area contributed by atoms with E-state index < -0.39 is 0 Å². The molecular formula is C14H16O. The minimum atomic E-state index is -0.0379. The molecule has 1 heteroatoms. The molecule has 2 rings (SSSR count). The van der Waals surface area contributed by atoms with Crippen molar-refractivity contribution in [2.45, 2.75) is 32.1 Å². The molecule has 1 aromatic carbocycles. The lowest BCUT2D eigenvalue weighted by Crippen LogP contribution is -2.06. The van der Waals surface area contributed by atoms with Gasteiger partial charge < -0.3 is 4.74 Å². The number of methoxy groups -OCH3 is 1. The first-order chi connectivity index (χ1) is 7.13. The van der Waals surface area contributed by atoms with Crippen LogP contribution in [0.1, 0.15) is 29.5 Å². The van der Waals surface area contributed by atoms with Crippen molar-refractivity contribution in [1.29, 1.82) is 0 Å². The molecule has 0 spiro atoms. The standard InChI is InChI=1S/C14H16O/c1-5-14(6-7-14)12-8-10(2)11(3)9-13(12)15-4/h1,8-9H,6-7H2,2-4H3. The van der Waals surface area contributed by atoms with Crippen molar-refractivity contribution in [1.82, 2.24) is 0 Å². The molecule has 0 saturated heterocycles. The molecule has 0 atom stereocenters. The molecule has 0 heterocycles. The molecule has 0 unspecified atom stereocenters. The van der Waals surface area contributed by atoms with Gasteiger partial charge in [0.15, 0.2) is 0 Å². The topological polar surface area (TPSA) is 9.23 Å². The normalized spacial score (nSPS) is 16.9. The van der Waals surface area contributed by atoms with E-state index in [0.717, 1.165) is 18.6 Å². The Kier molecular flexibility index (Phi) is 2.23. The van der Waals surface area contributed by atoms with E-state index in [1.165, 1.54) is 16.7 Å². The fraction of sp³-hybridized carbons (Fsp3) is 0.429. The van der Waals surface area contributed by atoms with Gasteiger partial charge in [-0.2, -0.15) is 0 Å². The third kappa shape index (κ3) is 1.51. The highest BCUT2D eigenvalue weighted by atomic mass is 16.5. The van der Waals surface area contributed by atoms with Crippen LogP contribution in [0.15, 0.2) is 12.1 Å². The Morgan fingerprint density at radius 2 is 1.87 bits per heavy atom. The van der Waals surface area contributed by atoms with Crippen LogP contribution >= 0.6 is 0 Å². The molecular weight excluding hydrogens is 184 g/mol. The van der Waals surface area contributed by atoms with Gasteiger partial charge in [0.2, 0.25) is 0 Å². The first kappa shape index (κ1) is 10.1. The molecule has 0 bridgehead atoms. The van der Waals surface area contributed by atoms with Gasteiger partial charge >= 0.3 is 0 Å². The summed E-state index contributed by atoms with van der Waals surface area (Å²) in [6.45, 7) is 4.21. The summed E-state index contributed by atoms with van der Waals surface area (Å²) in [5.41, 5.74) is 3.69. The second-order valence-corrected chi connectivity index (χ2v) is 4.36. The summed E-state index contributed by atoms with van der Waals surface area (Å²) in [5, 5.41) is 0. The van der Waals surface area contributed by atoms with Crippen LogP contribution in [0.25, 0.3) is 0 Å². The lowest BCUT2D eigenvalue weighted by atomic mass is 9.92. The zero-order chi connectivity index (χ0) is 11.1. The zero-order valence-electron chi connectivity index (χ0n) is 9.55. The van der Waals surface area contributed by atoms with Crippen LogP contribution in [0.4, 0.5) is 0 Å². The van der Waals surface area contributed by atoms with E-state index in [0.29, 0.717) is 0 Å². The summed E-state index contributed by atoms with van der Waals surface area (Å²) in [6.07, 6.45) is 7.78. The smallest absolute Gasteiger partial charge is 0.123 e. The average Bonchev–Trinajstić information content (AvgIpc) is 3.02. The number of aryl methyl sites for hydroxylation is 2. The van der Waals surface area contributed by atoms with Crippen LogP contribution in [-0.4, -0.2) is 7.11 Å². The Labute approximate surface area is 91.5 Å². The van der Waals surface area contributed by atoms with Gasteiger partial charge in [0.1, 0.15) is 5.75 Å². The zero-order valence-corrected chi connectivity index (χ0v) is 9.55. The molecule has 1 fully saturated rings. The van der Waals surface area contributed by atoms with Gasteiger partial charge in [0.25, 0.3) is 0 Å². The maximum atomic E-state index is 5.61. The predicted molar refractivity (Wildman–Crippen MR) is 62.2 cm³/mol. The number of ether oxygens (including phenoxy) is 1. The summed E-state index contributed by atoms with van der Waals surface area (Å²) >= 11 is 0. The number of terminal acetylenes is 1. The van der Waals surface area contributed by atoms with Gasteiger partial charge in [-0.3, -0.25) is 0 Å². The minimum absolute atomic E-state index is 0.0379. The summed E-state index contributed by atoms with van der Waals surface area (Å²) in [4.78, 5) is 0. The maximum Gasteiger partial charge on any atom is 0.123 e. The number of hydrogen-bond acceptors (Lipinski definition) is 1. The third-order valence-electron chi connectivity index (χ3n) is 3.36. The highest BCUT2D eigenvalue weighted by molar-refractivity contribution is 5.52. The fourth-order valence-corrected chi connectivity index (χ4v) is 1.95. The SMILES string of the molecule is C#CC1(c2cc(C)c(C)cc2OC)CC1. The van der Waals surface area contributed by atoms with Crippen molar-refractivity contribution >= 4 is 0 Å². The summed E-state index contributed by atoms with van der Waals surface area (Å²) in [7, 11) is 1.71. The largest absolute Gasteiger partial charge is 0.496 e. The van der Waals surface area contributed by atoms with Gasteiger partial charge in [-0.1, -0.05) is 12.0 Å². The lowest BCUT2D eigenvalue weighted by molar-refractivity contribution is 0.407. The Morgan fingerprint density at radius 3 is 2.33 bits per heavy atom. The quantitative estimate of drug-likeness (QED) is 0.667. The molecule has 15 heavy (non-hydrogen) atoms. The van der Waals surface area contributed by atoms with E-state index in [9.17, 15) is 0 Å². The van der Waals surface area contributed by atoms with Gasteiger partial charge in [-0.15, -0.1) is 6.42 Å². The first-order valence-electron chi connectivity index (χ1n) is 5.26. The van der Waals surface area contributed by atoms with Crippen molar-refractivity contribution in [3.8, 4) is 18.1 Å². The molecule has 78 valence electrons. The van der Waals surface area contributed by atoms with Gasteiger partial charge in [-0.25, -0.2) is 0 Å². The Morgan fingerprint density at radius 1 is 1.27 bits per heavy atom. The third-order valence-corrected chi connectivity index (χ3v) is 3.36. The molecule has 1 aromatic rings. The Bertz CT molecular complexity index is 433. The van der Waals surface area contributed by atoms with Crippen molar-refractivity contribution in [2.24, 2.45) is 0 Å². The van der Waals surface area contributed by atoms with E-state index in [4.69, 9.17) is 11.2 Å². The molecule has 0 aromatic heterocycles. The maximum absolute atomic E-state index is 5.61. The van der Waals surface area contributed by atoms with Gasteiger partial charge in [-0.05, 0) is 43.9 Å². The predicted octanol–water partition coefficient (Wildman–Crippen LogP) is 2.98. The minimum Gasteiger partial charge on any atom is -0.496 e. The molecule has 0 aliphatic heterocycles. The Hall–Kier alpha value is -1.42. The average molecular weight is 200 g/mol. The summed E-state index contributed by atoms with van der Waals surface area (Å²) in [6, 6.07) is 4.27. The van der Waals surface area contributed by atoms with Crippen LogP contribution in [0.3, 0.4) is 0 Å². The van der Waals surface area contributed by atoms with Crippen molar-refractivity contribution < 1.29 is 4.74 Å². The fourth-order valence-electron chi connectivity index (χ4n) is 1.95. The van der Waals surface area contributed by atoms with Gasteiger partial charge in [0.05, 0.1) is 12.5 Å². The number of hydrogen-bond donors (Lipinski definition) is 0. The molecule has 0 amide bonds. The van der Waals surface area contributed by atoms with Crippen molar-refractivity contribution in [3.63, 3.8) is 0 Å². The first-order valence-corrected chi connectivity index (χ1v) is 5.26. The molecule has 1 aliphatic carbocycles. The van der Waals surface area contributed by atoms with E-state index in [2.05, 4.69) is 31.9 Å². The Balaban J connectivity index is 2.56. The number of benzene rings is 1. The van der Waals surface area contributed by atoms with Crippen molar-refractivity contribution in [2.75, 3.05) is 7.11 Å². The van der Waals surface area contributed by atoms with Gasteiger partial charge in [0, 0.05) is 5.56 Å². The van der Waals surface area contributed by atoms with E-state index in [-0.39, 0.29) is 5.41 Å². The van der Waals surface area contributed by atoms with Crippen molar-refractivity contribution in [3.05, 3.63) is 28.8 Å². The molecule has 0 radical (unpaired) electrons. The highest BCUT2D eigenvalue weighted by Crippen LogP contribution is 2.51. The summed E-state index contributed by atoms with van der Waals surface area (Å²) in [5.74, 6) is 3.85.